The van der Waals surface area contributed by atoms with E-state index in [0.29, 0.717) is 10.6 Å². The van der Waals surface area contributed by atoms with E-state index in [1.54, 1.807) is 0 Å². The lowest BCUT2D eigenvalue weighted by molar-refractivity contribution is 0.0940. The zero-order chi connectivity index (χ0) is 26.1. The number of fused-ring (bicyclic) bond motifs is 1. The Morgan fingerprint density at radius 3 is 2.27 bits per heavy atom. The molecule has 0 saturated heterocycles. The van der Waals surface area contributed by atoms with Crippen LogP contribution in [0.1, 0.15) is 51.3 Å². The predicted molar refractivity (Wildman–Crippen MR) is 154 cm³/mol. The van der Waals surface area contributed by atoms with Gasteiger partial charge in [0.05, 0.1) is 6.04 Å². The first-order valence-corrected chi connectivity index (χ1v) is 13.0. The summed E-state index contributed by atoms with van der Waals surface area (Å²) in [6.45, 7) is 9.08. The topological polar surface area (TPSA) is 34.0 Å². The zero-order valence-corrected chi connectivity index (χ0v) is 22.4. The highest BCUT2D eigenvalue weighted by atomic mass is 35.5. The number of nitrogens with zero attached hydrogens (tertiary/aromatic N) is 1. The third-order valence-electron chi connectivity index (χ3n) is 7.35. The predicted octanol–water partition coefficient (Wildman–Crippen LogP) is 8.43. The van der Waals surface area contributed by atoms with Crippen LogP contribution >= 0.6 is 11.6 Å². The fraction of sp³-hybridized carbons (Fsp3) is 0.182. The molecule has 1 atom stereocenters. The maximum atomic E-state index is 13.1. The molecule has 0 spiro atoms. The smallest absolute Gasteiger partial charge is 0.251 e. The molecular weight excluding hydrogens is 476 g/mol. The minimum atomic E-state index is -0.119. The number of aryl methyl sites for hydroxylation is 2. The molecule has 0 aliphatic carbocycles. The SMILES string of the molecule is Cc1cc(Cl)ccc1[C@@H](C)NC(=O)c1ccc2c(c1)c(C)c(C)n2Cc1ccc(-c2ccccc2)cc1. The highest BCUT2D eigenvalue weighted by Gasteiger charge is 2.17. The van der Waals surface area contributed by atoms with E-state index in [-0.39, 0.29) is 11.9 Å². The number of nitrogens with one attached hydrogen (secondary N) is 1. The molecule has 0 bridgehead atoms. The monoisotopic (exact) mass is 506 g/mol. The minimum absolute atomic E-state index is 0.0787. The van der Waals surface area contributed by atoms with Crippen LogP contribution in [0.4, 0.5) is 0 Å². The van der Waals surface area contributed by atoms with Gasteiger partial charge in [-0.2, -0.15) is 0 Å². The fourth-order valence-electron chi connectivity index (χ4n) is 5.09. The van der Waals surface area contributed by atoms with E-state index in [1.807, 2.05) is 50.2 Å². The second-order valence-electron chi connectivity index (χ2n) is 9.79. The number of carbonyl (C=O) groups excluding carboxylic acids is 1. The molecule has 1 aromatic heterocycles. The first-order chi connectivity index (χ1) is 17.8. The Morgan fingerprint density at radius 1 is 0.865 bits per heavy atom. The molecular formula is C33H31ClN2O. The van der Waals surface area contributed by atoms with Gasteiger partial charge in [-0.1, -0.05) is 72.3 Å². The van der Waals surface area contributed by atoms with Crippen molar-refractivity contribution in [2.45, 2.75) is 40.3 Å². The summed E-state index contributed by atoms with van der Waals surface area (Å²) in [7, 11) is 0. The van der Waals surface area contributed by atoms with Crippen molar-refractivity contribution in [3.63, 3.8) is 0 Å². The summed E-state index contributed by atoms with van der Waals surface area (Å²) in [6, 6.07) is 30.9. The molecule has 4 aromatic carbocycles. The van der Waals surface area contributed by atoms with Gasteiger partial charge in [-0.3, -0.25) is 4.79 Å². The fourth-order valence-corrected chi connectivity index (χ4v) is 5.32. The summed E-state index contributed by atoms with van der Waals surface area (Å²) >= 11 is 6.10. The summed E-state index contributed by atoms with van der Waals surface area (Å²) in [6.07, 6.45) is 0. The molecule has 186 valence electrons. The van der Waals surface area contributed by atoms with E-state index < -0.39 is 0 Å². The van der Waals surface area contributed by atoms with Crippen molar-refractivity contribution in [3.8, 4) is 11.1 Å². The number of carbonyl (C=O) groups is 1. The van der Waals surface area contributed by atoms with E-state index in [1.165, 1.54) is 27.9 Å². The van der Waals surface area contributed by atoms with E-state index in [2.05, 4.69) is 78.3 Å². The number of aromatic nitrogens is 1. The molecule has 5 aromatic rings. The van der Waals surface area contributed by atoms with Gasteiger partial charge in [0.15, 0.2) is 0 Å². The van der Waals surface area contributed by atoms with Crippen LogP contribution in [0, 0.1) is 20.8 Å². The van der Waals surface area contributed by atoms with E-state index in [4.69, 9.17) is 11.6 Å². The second-order valence-corrected chi connectivity index (χ2v) is 10.2. The van der Waals surface area contributed by atoms with Crippen molar-refractivity contribution in [3.05, 3.63) is 130 Å². The lowest BCUT2D eigenvalue weighted by Gasteiger charge is -2.17. The molecule has 0 radical (unpaired) electrons. The Kier molecular flexibility index (Phi) is 6.90. The molecule has 5 rings (SSSR count). The number of hydrogen-bond acceptors (Lipinski definition) is 1. The number of rotatable bonds is 6. The van der Waals surface area contributed by atoms with Crippen molar-refractivity contribution < 1.29 is 4.79 Å². The van der Waals surface area contributed by atoms with Crippen LogP contribution < -0.4 is 5.32 Å². The van der Waals surface area contributed by atoms with Crippen molar-refractivity contribution in [2.24, 2.45) is 0 Å². The van der Waals surface area contributed by atoms with Crippen LogP contribution in [0.15, 0.2) is 91.0 Å². The largest absolute Gasteiger partial charge is 0.346 e. The Labute approximate surface area is 223 Å². The van der Waals surface area contributed by atoms with E-state index >= 15 is 0 Å². The minimum Gasteiger partial charge on any atom is -0.346 e. The van der Waals surface area contributed by atoms with Crippen LogP contribution in [-0.4, -0.2) is 10.5 Å². The number of halogens is 1. The molecule has 1 N–H and O–H groups in total. The molecule has 1 heterocycles. The lowest BCUT2D eigenvalue weighted by Crippen LogP contribution is -2.27. The van der Waals surface area contributed by atoms with Gasteiger partial charge in [-0.25, -0.2) is 0 Å². The molecule has 1 amide bonds. The molecule has 37 heavy (non-hydrogen) atoms. The first kappa shape index (κ1) is 24.9. The molecule has 0 aliphatic heterocycles. The lowest BCUT2D eigenvalue weighted by atomic mass is 10.0. The summed E-state index contributed by atoms with van der Waals surface area (Å²) in [5.74, 6) is -0.0787. The number of benzene rings is 4. The van der Waals surface area contributed by atoms with Crippen LogP contribution in [0.25, 0.3) is 22.0 Å². The van der Waals surface area contributed by atoms with Crippen LogP contribution in [0.5, 0.6) is 0 Å². The first-order valence-electron chi connectivity index (χ1n) is 12.6. The van der Waals surface area contributed by atoms with Crippen molar-refractivity contribution in [1.29, 1.82) is 0 Å². The summed E-state index contributed by atoms with van der Waals surface area (Å²) in [4.78, 5) is 13.1. The third kappa shape index (κ3) is 5.05. The van der Waals surface area contributed by atoms with Crippen LogP contribution in [-0.2, 0) is 6.54 Å². The Bertz CT molecular complexity index is 1580. The average molecular weight is 507 g/mol. The second kappa shape index (κ2) is 10.3. The van der Waals surface area contributed by atoms with E-state index in [9.17, 15) is 4.79 Å². The van der Waals surface area contributed by atoms with Gasteiger partial charge in [0, 0.05) is 33.7 Å². The van der Waals surface area contributed by atoms with Crippen LogP contribution in [0.2, 0.25) is 5.02 Å². The highest BCUT2D eigenvalue weighted by Crippen LogP contribution is 2.29. The van der Waals surface area contributed by atoms with Gasteiger partial charge in [0.25, 0.3) is 5.91 Å². The number of hydrogen-bond donors (Lipinski definition) is 1. The Balaban J connectivity index is 1.38. The molecule has 4 heteroatoms. The van der Waals surface area contributed by atoms with Gasteiger partial charge in [-0.05, 0) is 91.4 Å². The van der Waals surface area contributed by atoms with E-state index in [0.717, 1.165) is 28.6 Å². The maximum absolute atomic E-state index is 13.1. The normalized spacial score (nSPS) is 12.0. The van der Waals surface area contributed by atoms with Crippen molar-refractivity contribution in [2.75, 3.05) is 0 Å². The van der Waals surface area contributed by atoms with Crippen molar-refractivity contribution >= 4 is 28.4 Å². The standard InChI is InChI=1S/C33H31ClN2O/c1-21-18-29(34)15-16-30(21)23(3)35-33(37)28-14-17-32-31(19-28)22(2)24(4)36(32)20-25-10-12-27(13-11-25)26-8-6-5-7-9-26/h5-19,23H,20H2,1-4H3,(H,35,37)/t23-/m1/s1. The van der Waals surface area contributed by atoms with Gasteiger partial charge < -0.3 is 9.88 Å². The zero-order valence-electron chi connectivity index (χ0n) is 21.7. The average Bonchev–Trinajstić information content (AvgIpc) is 3.13. The molecule has 0 fully saturated rings. The molecule has 0 saturated carbocycles. The van der Waals surface area contributed by atoms with Gasteiger partial charge >= 0.3 is 0 Å². The summed E-state index contributed by atoms with van der Waals surface area (Å²) in [5, 5.41) is 4.96. The molecule has 0 aliphatic rings. The highest BCUT2D eigenvalue weighted by molar-refractivity contribution is 6.30. The maximum Gasteiger partial charge on any atom is 0.251 e. The third-order valence-corrected chi connectivity index (χ3v) is 7.58. The van der Waals surface area contributed by atoms with Gasteiger partial charge in [0.2, 0.25) is 0 Å². The Morgan fingerprint density at radius 2 is 1.57 bits per heavy atom. The Hall–Kier alpha value is -3.82. The van der Waals surface area contributed by atoms with Crippen LogP contribution in [0.3, 0.4) is 0 Å². The molecule has 0 unspecified atom stereocenters. The summed E-state index contributed by atoms with van der Waals surface area (Å²) in [5.41, 5.74) is 10.0. The van der Waals surface area contributed by atoms with Gasteiger partial charge in [-0.15, -0.1) is 0 Å². The van der Waals surface area contributed by atoms with Crippen molar-refractivity contribution in [1.82, 2.24) is 9.88 Å². The van der Waals surface area contributed by atoms with Gasteiger partial charge in [0.1, 0.15) is 0 Å². The number of amides is 1. The quantitative estimate of drug-likeness (QED) is 0.246. The molecule has 3 nitrogen and oxygen atoms in total. The summed E-state index contributed by atoms with van der Waals surface area (Å²) < 4.78 is 2.34.